The number of allylic oxidation sites excluding steroid dienone is 1. The number of phenols is 1. The van der Waals surface area contributed by atoms with Crippen LogP contribution in [0.3, 0.4) is 0 Å². The average molecular weight is 455 g/mol. The molecule has 0 saturated heterocycles. The molecule has 4 aromatic rings. The van der Waals surface area contributed by atoms with Crippen LogP contribution in [0.2, 0.25) is 0 Å². The third-order valence-corrected chi connectivity index (χ3v) is 5.60. The van der Waals surface area contributed by atoms with E-state index in [1.165, 1.54) is 11.3 Å². The second-order valence-corrected chi connectivity index (χ2v) is 8.01. The lowest BCUT2D eigenvalue weighted by atomic mass is 10.1. The van der Waals surface area contributed by atoms with Crippen molar-refractivity contribution < 1.29 is 9.90 Å². The van der Waals surface area contributed by atoms with Crippen molar-refractivity contribution in [2.75, 3.05) is 10.7 Å². The molecule has 0 aliphatic rings. The highest BCUT2D eigenvalue weighted by Crippen LogP contribution is 2.26. The number of aromatic nitrogens is 1. The van der Waals surface area contributed by atoms with Gasteiger partial charge in [0.25, 0.3) is 5.91 Å². The first-order valence-electron chi connectivity index (χ1n) is 10.3. The average Bonchev–Trinajstić information content (AvgIpc) is 3.31. The summed E-state index contributed by atoms with van der Waals surface area (Å²) in [5.41, 5.74) is 7.37. The number of para-hydroxylation sites is 1. The third kappa shape index (κ3) is 5.53. The Bertz CT molecular complexity index is 1280. The monoisotopic (exact) mass is 454 g/mol. The Hall–Kier alpha value is -4.23. The Balaban J connectivity index is 1.38. The third-order valence-electron chi connectivity index (χ3n) is 4.86. The van der Waals surface area contributed by atoms with Crippen molar-refractivity contribution in [2.45, 2.75) is 6.42 Å². The van der Waals surface area contributed by atoms with E-state index in [1.54, 1.807) is 30.5 Å². The van der Waals surface area contributed by atoms with Crippen LogP contribution in [0.1, 0.15) is 21.5 Å². The summed E-state index contributed by atoms with van der Waals surface area (Å²) in [5.74, 6) is 0.0460. The van der Waals surface area contributed by atoms with Gasteiger partial charge in [-0.25, -0.2) is 4.98 Å². The fourth-order valence-corrected chi connectivity index (χ4v) is 3.84. The smallest absolute Gasteiger partial charge is 0.255 e. The second kappa shape index (κ2) is 10.4. The minimum atomic E-state index is -0.151. The normalized spacial score (nSPS) is 10.8. The van der Waals surface area contributed by atoms with E-state index >= 15 is 0 Å². The minimum absolute atomic E-state index is 0.151. The number of aromatic hydroxyl groups is 1. The number of hydrazone groups is 1. The van der Waals surface area contributed by atoms with Gasteiger partial charge in [0.15, 0.2) is 0 Å². The van der Waals surface area contributed by atoms with E-state index in [-0.39, 0.29) is 11.7 Å². The molecule has 3 aromatic carbocycles. The number of benzene rings is 3. The highest BCUT2D eigenvalue weighted by Gasteiger charge is 2.08. The molecule has 7 heteroatoms. The Kier molecular flexibility index (Phi) is 6.92. The molecule has 33 heavy (non-hydrogen) atoms. The first-order valence-corrected chi connectivity index (χ1v) is 11.1. The van der Waals surface area contributed by atoms with Gasteiger partial charge < -0.3 is 10.4 Å². The number of nitrogens with one attached hydrogen (secondary N) is 2. The predicted molar refractivity (Wildman–Crippen MR) is 135 cm³/mol. The molecule has 164 valence electrons. The Morgan fingerprint density at radius 3 is 2.61 bits per heavy atom. The van der Waals surface area contributed by atoms with Crippen molar-refractivity contribution in [3.8, 4) is 17.0 Å². The lowest BCUT2D eigenvalue weighted by Gasteiger charge is -2.06. The molecule has 0 aliphatic heterocycles. The Morgan fingerprint density at radius 2 is 1.85 bits per heavy atom. The molecule has 1 amide bonds. The molecule has 0 radical (unpaired) electrons. The molecule has 0 unspecified atom stereocenters. The van der Waals surface area contributed by atoms with Gasteiger partial charge in [0.2, 0.25) is 5.13 Å². The van der Waals surface area contributed by atoms with Gasteiger partial charge in [-0.3, -0.25) is 10.2 Å². The molecule has 0 saturated carbocycles. The largest absolute Gasteiger partial charge is 0.507 e. The van der Waals surface area contributed by atoms with Gasteiger partial charge in [0.1, 0.15) is 5.75 Å². The maximum atomic E-state index is 12.3. The zero-order valence-corrected chi connectivity index (χ0v) is 18.5. The summed E-state index contributed by atoms with van der Waals surface area (Å²) in [6.45, 7) is 3.70. The number of hydrogen-bond donors (Lipinski definition) is 3. The molecule has 0 spiro atoms. The zero-order valence-electron chi connectivity index (χ0n) is 17.7. The van der Waals surface area contributed by atoms with Crippen molar-refractivity contribution in [3.63, 3.8) is 0 Å². The van der Waals surface area contributed by atoms with E-state index in [1.807, 2.05) is 60.0 Å². The second-order valence-electron chi connectivity index (χ2n) is 7.15. The van der Waals surface area contributed by atoms with Crippen molar-refractivity contribution in [1.82, 2.24) is 4.98 Å². The first-order chi connectivity index (χ1) is 16.1. The summed E-state index contributed by atoms with van der Waals surface area (Å²) in [6, 6.07) is 22.1. The number of thiazole rings is 1. The molecular weight excluding hydrogens is 432 g/mol. The van der Waals surface area contributed by atoms with Crippen LogP contribution in [-0.4, -0.2) is 22.2 Å². The van der Waals surface area contributed by atoms with Crippen LogP contribution in [0.15, 0.2) is 95.9 Å². The summed E-state index contributed by atoms with van der Waals surface area (Å²) in [6.07, 6.45) is 3.90. The lowest BCUT2D eigenvalue weighted by molar-refractivity contribution is 0.102. The number of phenolic OH excluding ortho intramolecular Hbond substituents is 1. The predicted octanol–water partition coefficient (Wildman–Crippen LogP) is 5.94. The van der Waals surface area contributed by atoms with Gasteiger partial charge >= 0.3 is 0 Å². The van der Waals surface area contributed by atoms with Gasteiger partial charge in [-0.05, 0) is 42.3 Å². The van der Waals surface area contributed by atoms with Crippen LogP contribution < -0.4 is 10.7 Å². The van der Waals surface area contributed by atoms with Crippen molar-refractivity contribution in [3.05, 3.63) is 108 Å². The van der Waals surface area contributed by atoms with Crippen LogP contribution in [0.25, 0.3) is 11.3 Å². The molecule has 6 nitrogen and oxygen atoms in total. The maximum Gasteiger partial charge on any atom is 0.255 e. The molecule has 1 heterocycles. The summed E-state index contributed by atoms with van der Waals surface area (Å²) in [4.78, 5) is 16.8. The zero-order chi connectivity index (χ0) is 23.0. The van der Waals surface area contributed by atoms with E-state index in [4.69, 9.17) is 0 Å². The summed E-state index contributed by atoms with van der Waals surface area (Å²) < 4.78 is 0. The Morgan fingerprint density at radius 1 is 1.06 bits per heavy atom. The molecule has 0 aliphatic carbocycles. The van der Waals surface area contributed by atoms with Gasteiger partial charge in [-0.15, -0.1) is 17.9 Å². The molecule has 1 aromatic heterocycles. The fourth-order valence-electron chi connectivity index (χ4n) is 3.17. The van der Waals surface area contributed by atoms with E-state index in [9.17, 15) is 9.90 Å². The number of hydrogen-bond acceptors (Lipinski definition) is 6. The van der Waals surface area contributed by atoms with Crippen LogP contribution in [0.5, 0.6) is 5.75 Å². The van der Waals surface area contributed by atoms with Crippen molar-refractivity contribution >= 4 is 34.3 Å². The maximum absolute atomic E-state index is 12.3. The minimum Gasteiger partial charge on any atom is -0.507 e. The summed E-state index contributed by atoms with van der Waals surface area (Å²) in [5, 5.41) is 19.9. The van der Waals surface area contributed by atoms with Gasteiger partial charge in [-0.2, -0.15) is 5.10 Å². The topological polar surface area (TPSA) is 86.6 Å². The van der Waals surface area contributed by atoms with E-state index in [0.717, 1.165) is 16.8 Å². The molecule has 0 atom stereocenters. The van der Waals surface area contributed by atoms with Gasteiger partial charge in [-0.1, -0.05) is 48.5 Å². The fraction of sp³-hybridized carbons (Fsp3) is 0.0385. The van der Waals surface area contributed by atoms with Gasteiger partial charge in [0.05, 0.1) is 11.9 Å². The standard InChI is InChI=1S/C26H22N4O2S/c1-2-7-19-10-6-11-21(24(19)31)16-27-30-26-29-23(17-33-26)18-12-14-22(15-13-18)28-25(32)20-8-4-3-5-9-20/h2-6,8-17,31H,1,7H2,(H,28,32)(H,29,30)/b27-16-. The molecular formula is C26H22N4O2S. The van der Waals surface area contributed by atoms with Crippen molar-refractivity contribution in [2.24, 2.45) is 5.10 Å². The highest BCUT2D eigenvalue weighted by molar-refractivity contribution is 7.14. The van der Waals surface area contributed by atoms with E-state index in [2.05, 4.69) is 27.4 Å². The SMILES string of the molecule is C=CCc1cccc(/C=N\Nc2nc(-c3ccc(NC(=O)c4ccccc4)cc3)cs2)c1O. The highest BCUT2D eigenvalue weighted by atomic mass is 32.1. The molecule has 0 fully saturated rings. The number of anilines is 2. The quantitative estimate of drug-likeness (QED) is 0.175. The number of rotatable bonds is 8. The Labute approximate surface area is 196 Å². The summed E-state index contributed by atoms with van der Waals surface area (Å²) in [7, 11) is 0. The van der Waals surface area contributed by atoms with E-state index in [0.29, 0.717) is 28.4 Å². The number of amides is 1. The van der Waals surface area contributed by atoms with E-state index < -0.39 is 0 Å². The van der Waals surface area contributed by atoms with Crippen LogP contribution in [0.4, 0.5) is 10.8 Å². The first kappa shape index (κ1) is 22.0. The van der Waals surface area contributed by atoms with Crippen LogP contribution in [0, 0.1) is 0 Å². The number of carbonyl (C=O) groups is 1. The van der Waals surface area contributed by atoms with Gasteiger partial charge in [0, 0.05) is 27.8 Å². The number of carbonyl (C=O) groups excluding carboxylic acids is 1. The summed E-state index contributed by atoms with van der Waals surface area (Å²) >= 11 is 1.43. The molecule has 3 N–H and O–H groups in total. The molecule has 0 bridgehead atoms. The molecule has 4 rings (SSSR count). The lowest BCUT2D eigenvalue weighted by Crippen LogP contribution is -2.11. The number of nitrogens with zero attached hydrogens (tertiary/aromatic N) is 2. The van der Waals surface area contributed by atoms with Crippen LogP contribution >= 0.6 is 11.3 Å². The van der Waals surface area contributed by atoms with Crippen LogP contribution in [-0.2, 0) is 6.42 Å². The van der Waals surface area contributed by atoms with Crippen molar-refractivity contribution in [1.29, 1.82) is 0 Å².